The van der Waals surface area contributed by atoms with E-state index in [2.05, 4.69) is 9.71 Å². The molecule has 0 bridgehead atoms. The van der Waals surface area contributed by atoms with Gasteiger partial charge in [0.2, 0.25) is 0 Å². The molecular formula is C26H25N3O6S2. The second-order valence-corrected chi connectivity index (χ2v) is 10.5. The van der Waals surface area contributed by atoms with Crippen LogP contribution < -0.4 is 14.3 Å². The zero-order valence-corrected chi connectivity index (χ0v) is 22.1. The third kappa shape index (κ3) is 5.73. The number of fused-ring (bicyclic) bond motifs is 1. The fourth-order valence-corrected chi connectivity index (χ4v) is 5.82. The number of carbonyl (C=O) groups excluding carboxylic acids is 2. The number of methoxy groups -OCH3 is 1. The Balaban J connectivity index is 1.63. The van der Waals surface area contributed by atoms with Crippen LogP contribution in [0.1, 0.15) is 34.6 Å². The number of ether oxygens (including phenoxy) is 2. The molecule has 0 spiro atoms. The molecule has 0 radical (unpaired) electrons. The first kappa shape index (κ1) is 26.1. The van der Waals surface area contributed by atoms with Crippen molar-refractivity contribution < 1.29 is 27.5 Å². The third-order valence-electron chi connectivity index (χ3n) is 5.44. The van der Waals surface area contributed by atoms with E-state index in [4.69, 9.17) is 9.47 Å². The zero-order valence-electron chi connectivity index (χ0n) is 20.4. The maximum absolute atomic E-state index is 13.0. The van der Waals surface area contributed by atoms with Crippen molar-refractivity contribution in [2.45, 2.75) is 25.3 Å². The van der Waals surface area contributed by atoms with Gasteiger partial charge < -0.3 is 14.0 Å². The fourth-order valence-electron chi connectivity index (χ4n) is 3.64. The summed E-state index contributed by atoms with van der Waals surface area (Å²) in [5.74, 6) is -0.398. The minimum Gasteiger partial charge on any atom is -0.497 e. The van der Waals surface area contributed by atoms with E-state index in [9.17, 15) is 18.0 Å². The number of anilines is 1. The van der Waals surface area contributed by atoms with Crippen molar-refractivity contribution in [3.63, 3.8) is 0 Å². The van der Waals surface area contributed by atoms with Crippen molar-refractivity contribution in [1.82, 2.24) is 4.57 Å². The molecule has 1 N–H and O–H groups in total. The number of hydrogen-bond donors (Lipinski definition) is 1. The number of aryl methyl sites for hydroxylation is 1. The predicted molar refractivity (Wildman–Crippen MR) is 142 cm³/mol. The van der Waals surface area contributed by atoms with Crippen molar-refractivity contribution in [3.05, 3.63) is 82.7 Å². The Bertz CT molecular complexity index is 1640. The Morgan fingerprint density at radius 3 is 2.43 bits per heavy atom. The molecule has 0 fully saturated rings. The van der Waals surface area contributed by atoms with E-state index in [1.54, 1.807) is 55.5 Å². The highest BCUT2D eigenvalue weighted by atomic mass is 32.2. The van der Waals surface area contributed by atoms with E-state index in [0.717, 1.165) is 10.2 Å². The summed E-state index contributed by atoms with van der Waals surface area (Å²) in [6.07, 6.45) is 0. The molecule has 11 heteroatoms. The maximum atomic E-state index is 13.0. The number of nitrogens with one attached hydrogen (secondary N) is 1. The summed E-state index contributed by atoms with van der Waals surface area (Å²) in [6.45, 7) is 4.52. The van der Waals surface area contributed by atoms with Crippen LogP contribution >= 0.6 is 11.3 Å². The SMILES string of the molecule is CCOC(=O)c1ccc2c(c1)sc(=NC(=O)c1cccc(NS(=O)(=O)c3ccc(OC)cc3)c1)n2CC. The number of nitrogens with zero attached hydrogens (tertiary/aromatic N) is 2. The third-order valence-corrected chi connectivity index (χ3v) is 7.88. The number of rotatable bonds is 8. The van der Waals surface area contributed by atoms with Crippen molar-refractivity contribution in [2.75, 3.05) is 18.4 Å². The molecule has 37 heavy (non-hydrogen) atoms. The molecular weight excluding hydrogens is 514 g/mol. The van der Waals surface area contributed by atoms with Gasteiger partial charge in [0, 0.05) is 17.8 Å². The number of amides is 1. The first-order valence-electron chi connectivity index (χ1n) is 11.4. The second-order valence-electron chi connectivity index (χ2n) is 7.81. The van der Waals surface area contributed by atoms with Crippen molar-refractivity contribution >= 4 is 49.1 Å². The van der Waals surface area contributed by atoms with E-state index in [0.29, 0.717) is 22.7 Å². The minimum absolute atomic E-state index is 0.0613. The molecule has 1 aromatic heterocycles. The second kappa shape index (κ2) is 11.0. The number of esters is 1. The van der Waals surface area contributed by atoms with E-state index >= 15 is 0 Å². The summed E-state index contributed by atoms with van der Waals surface area (Å²) in [7, 11) is -2.37. The smallest absolute Gasteiger partial charge is 0.338 e. The van der Waals surface area contributed by atoms with Crippen molar-refractivity contribution in [3.8, 4) is 5.75 Å². The summed E-state index contributed by atoms with van der Waals surface area (Å²) in [6, 6.07) is 17.3. The number of carbonyl (C=O) groups is 2. The van der Waals surface area contributed by atoms with Crippen molar-refractivity contribution in [1.29, 1.82) is 0 Å². The van der Waals surface area contributed by atoms with Gasteiger partial charge in [-0.05, 0) is 74.5 Å². The molecule has 3 aromatic carbocycles. The van der Waals surface area contributed by atoms with Gasteiger partial charge >= 0.3 is 5.97 Å². The van der Waals surface area contributed by atoms with Crippen LogP contribution in [0.4, 0.5) is 5.69 Å². The van der Waals surface area contributed by atoms with Gasteiger partial charge in [-0.3, -0.25) is 9.52 Å². The largest absolute Gasteiger partial charge is 0.497 e. The summed E-state index contributed by atoms with van der Waals surface area (Å²) in [4.78, 5) is 30.0. The highest BCUT2D eigenvalue weighted by Gasteiger charge is 2.16. The molecule has 0 aliphatic rings. The zero-order chi connectivity index (χ0) is 26.6. The van der Waals surface area contributed by atoms with E-state index < -0.39 is 21.9 Å². The summed E-state index contributed by atoms with van der Waals surface area (Å²) >= 11 is 1.28. The molecule has 0 saturated heterocycles. The topological polar surface area (TPSA) is 116 Å². The Hall–Kier alpha value is -3.96. The Kier molecular flexibility index (Phi) is 7.74. The van der Waals surface area contributed by atoms with Crippen LogP contribution in [0.25, 0.3) is 10.2 Å². The van der Waals surface area contributed by atoms with Gasteiger partial charge in [-0.2, -0.15) is 4.99 Å². The van der Waals surface area contributed by atoms with Gasteiger partial charge in [-0.1, -0.05) is 17.4 Å². The van der Waals surface area contributed by atoms with Crippen LogP contribution in [0.5, 0.6) is 5.75 Å². The Morgan fingerprint density at radius 2 is 1.76 bits per heavy atom. The lowest BCUT2D eigenvalue weighted by Crippen LogP contribution is -2.16. The summed E-state index contributed by atoms with van der Waals surface area (Å²) in [5.41, 5.74) is 1.72. The number of hydrogen-bond acceptors (Lipinski definition) is 7. The molecule has 4 rings (SSSR count). The lowest BCUT2D eigenvalue weighted by Gasteiger charge is -2.09. The summed E-state index contributed by atoms with van der Waals surface area (Å²) in [5, 5.41) is 0. The van der Waals surface area contributed by atoms with Crippen LogP contribution in [0, 0.1) is 0 Å². The van der Waals surface area contributed by atoms with Crippen LogP contribution in [0.2, 0.25) is 0 Å². The maximum Gasteiger partial charge on any atom is 0.338 e. The van der Waals surface area contributed by atoms with E-state index in [-0.39, 0.29) is 22.8 Å². The van der Waals surface area contributed by atoms with Crippen LogP contribution in [0.3, 0.4) is 0 Å². The molecule has 0 saturated carbocycles. The first-order valence-corrected chi connectivity index (χ1v) is 13.7. The highest BCUT2D eigenvalue weighted by Crippen LogP contribution is 2.22. The predicted octanol–water partition coefficient (Wildman–Crippen LogP) is 4.45. The quantitative estimate of drug-likeness (QED) is 0.331. The molecule has 9 nitrogen and oxygen atoms in total. The highest BCUT2D eigenvalue weighted by molar-refractivity contribution is 7.92. The molecule has 0 atom stereocenters. The van der Waals surface area contributed by atoms with Gasteiger partial charge in [-0.15, -0.1) is 0 Å². The standard InChI is InChI=1S/C26H25N3O6S2/c1-4-29-22-14-9-18(25(31)35-5-2)16-23(22)36-26(29)27-24(30)17-7-6-8-19(15-17)28-37(32,33)21-12-10-20(34-3)11-13-21/h6-16,28H,4-5H2,1-3H3. The van der Waals surface area contributed by atoms with Gasteiger partial charge in [-0.25, -0.2) is 13.2 Å². The molecule has 0 aliphatic heterocycles. The summed E-state index contributed by atoms with van der Waals surface area (Å²) < 4.78 is 40.9. The lowest BCUT2D eigenvalue weighted by molar-refractivity contribution is 0.0526. The van der Waals surface area contributed by atoms with E-state index in [1.165, 1.54) is 36.6 Å². The Morgan fingerprint density at radius 1 is 1.00 bits per heavy atom. The first-order chi connectivity index (χ1) is 17.7. The average molecular weight is 540 g/mol. The van der Waals surface area contributed by atoms with Crippen LogP contribution in [0.15, 0.2) is 76.6 Å². The number of benzene rings is 3. The molecule has 0 unspecified atom stereocenters. The number of aromatic nitrogens is 1. The van der Waals surface area contributed by atoms with Gasteiger partial charge in [0.05, 0.1) is 34.4 Å². The molecule has 0 aliphatic carbocycles. The number of sulfonamides is 1. The van der Waals surface area contributed by atoms with Crippen LogP contribution in [-0.2, 0) is 21.3 Å². The fraction of sp³-hybridized carbons (Fsp3) is 0.192. The monoisotopic (exact) mass is 539 g/mol. The van der Waals surface area contributed by atoms with Crippen molar-refractivity contribution in [2.24, 2.45) is 4.99 Å². The number of thiazole rings is 1. The molecule has 1 heterocycles. The molecule has 192 valence electrons. The Labute approximate surface area is 218 Å². The van der Waals surface area contributed by atoms with Gasteiger partial charge in [0.15, 0.2) is 4.80 Å². The average Bonchev–Trinajstić information content (AvgIpc) is 3.24. The van der Waals surface area contributed by atoms with Crippen LogP contribution in [-0.4, -0.2) is 38.6 Å². The van der Waals surface area contributed by atoms with Gasteiger partial charge in [0.25, 0.3) is 15.9 Å². The lowest BCUT2D eigenvalue weighted by atomic mass is 10.2. The molecule has 1 amide bonds. The minimum atomic E-state index is -3.87. The van der Waals surface area contributed by atoms with Gasteiger partial charge in [0.1, 0.15) is 5.75 Å². The van der Waals surface area contributed by atoms with E-state index in [1.807, 2.05) is 11.5 Å². The normalized spacial score (nSPS) is 11.9. The molecule has 4 aromatic rings.